The van der Waals surface area contributed by atoms with E-state index in [1.54, 1.807) is 35.8 Å². The summed E-state index contributed by atoms with van der Waals surface area (Å²) in [6.45, 7) is 1.37. The molecule has 0 saturated heterocycles. The quantitative estimate of drug-likeness (QED) is 0.626. The highest BCUT2D eigenvalue weighted by atomic mass is 16.2. The molecule has 0 saturated carbocycles. The van der Waals surface area contributed by atoms with E-state index in [4.69, 9.17) is 0 Å². The summed E-state index contributed by atoms with van der Waals surface area (Å²) in [5, 5.41) is 0. The Hall–Kier alpha value is -1.71. The molecule has 13 heavy (non-hydrogen) atoms. The number of pyridine rings is 1. The Morgan fingerprint density at radius 2 is 2.46 bits per heavy atom. The first-order valence-electron chi connectivity index (χ1n) is 4.09. The maximum Gasteiger partial charge on any atom is 0.260 e. The van der Waals surface area contributed by atoms with Crippen LogP contribution in [-0.4, -0.2) is 35.2 Å². The summed E-state index contributed by atoms with van der Waals surface area (Å²) < 4.78 is 0. The van der Waals surface area contributed by atoms with Gasteiger partial charge in [-0.05, 0) is 12.1 Å². The number of carbonyl (C=O) groups is 1. The molecular formula is C9H9N3O. The van der Waals surface area contributed by atoms with Crippen LogP contribution >= 0.6 is 0 Å². The van der Waals surface area contributed by atoms with Crippen molar-refractivity contribution in [2.24, 2.45) is 4.99 Å². The predicted octanol–water partition coefficient (Wildman–Crippen LogP) is 0.566. The van der Waals surface area contributed by atoms with Crippen molar-refractivity contribution in [2.45, 2.75) is 0 Å². The second kappa shape index (κ2) is 3.35. The molecule has 0 aromatic carbocycles. The van der Waals surface area contributed by atoms with E-state index in [-0.39, 0.29) is 5.91 Å². The molecule has 2 heterocycles. The van der Waals surface area contributed by atoms with Crippen LogP contribution in [-0.2, 0) is 0 Å². The number of rotatable bonds is 1. The van der Waals surface area contributed by atoms with Crippen molar-refractivity contribution >= 4 is 12.2 Å². The summed E-state index contributed by atoms with van der Waals surface area (Å²) in [5.74, 6) is -0.0330. The molecule has 66 valence electrons. The van der Waals surface area contributed by atoms with Crippen LogP contribution in [0.15, 0.2) is 29.5 Å². The number of hydrogen-bond acceptors (Lipinski definition) is 3. The fourth-order valence-electron chi connectivity index (χ4n) is 1.19. The molecule has 1 aromatic rings. The van der Waals surface area contributed by atoms with Gasteiger partial charge in [-0.1, -0.05) is 0 Å². The molecule has 1 amide bonds. The minimum Gasteiger partial charge on any atom is -0.297 e. The Kier molecular flexibility index (Phi) is 2.04. The fourth-order valence-corrected chi connectivity index (χ4v) is 1.19. The van der Waals surface area contributed by atoms with Crippen LogP contribution < -0.4 is 0 Å². The zero-order chi connectivity index (χ0) is 9.10. The van der Waals surface area contributed by atoms with Gasteiger partial charge >= 0.3 is 0 Å². The normalized spacial score (nSPS) is 14.9. The Bertz CT molecular complexity index is 334. The monoisotopic (exact) mass is 175 g/mol. The highest BCUT2D eigenvalue weighted by Gasteiger charge is 2.15. The molecule has 1 aliphatic rings. The maximum atomic E-state index is 11.6. The van der Waals surface area contributed by atoms with Gasteiger partial charge in [0.15, 0.2) is 0 Å². The van der Waals surface area contributed by atoms with Gasteiger partial charge in [0.05, 0.1) is 18.4 Å². The summed E-state index contributed by atoms with van der Waals surface area (Å²) in [6.07, 6.45) is 4.79. The zero-order valence-electron chi connectivity index (χ0n) is 7.05. The largest absolute Gasteiger partial charge is 0.297 e. The van der Waals surface area contributed by atoms with Gasteiger partial charge in [0.2, 0.25) is 0 Å². The van der Waals surface area contributed by atoms with Crippen molar-refractivity contribution in [3.8, 4) is 0 Å². The smallest absolute Gasteiger partial charge is 0.260 e. The molecule has 0 bridgehead atoms. The van der Waals surface area contributed by atoms with Crippen molar-refractivity contribution in [2.75, 3.05) is 13.1 Å². The van der Waals surface area contributed by atoms with Crippen molar-refractivity contribution in [3.63, 3.8) is 0 Å². The molecule has 0 N–H and O–H groups in total. The fraction of sp³-hybridized carbons (Fsp3) is 0.222. The van der Waals surface area contributed by atoms with Crippen molar-refractivity contribution in [1.29, 1.82) is 0 Å². The number of aromatic nitrogens is 1. The molecule has 4 nitrogen and oxygen atoms in total. The Balaban J connectivity index is 2.18. The van der Waals surface area contributed by atoms with E-state index in [2.05, 4.69) is 9.98 Å². The van der Waals surface area contributed by atoms with E-state index in [1.807, 2.05) is 0 Å². The molecule has 0 atom stereocenters. The number of nitrogens with zero attached hydrogens (tertiary/aromatic N) is 3. The van der Waals surface area contributed by atoms with Crippen molar-refractivity contribution < 1.29 is 4.79 Å². The van der Waals surface area contributed by atoms with Gasteiger partial charge in [0.25, 0.3) is 5.91 Å². The second-order valence-corrected chi connectivity index (χ2v) is 2.76. The first-order chi connectivity index (χ1) is 6.38. The van der Waals surface area contributed by atoms with E-state index >= 15 is 0 Å². The lowest BCUT2D eigenvalue weighted by Gasteiger charge is -2.10. The maximum absolute atomic E-state index is 11.6. The van der Waals surface area contributed by atoms with Crippen LogP contribution in [0.5, 0.6) is 0 Å². The predicted molar refractivity (Wildman–Crippen MR) is 48.6 cm³/mol. The summed E-state index contributed by atoms with van der Waals surface area (Å²) in [6, 6.07) is 3.50. The number of aliphatic imine (C=N–C) groups is 1. The minimum atomic E-state index is -0.0330. The van der Waals surface area contributed by atoms with Crippen LogP contribution in [0.3, 0.4) is 0 Å². The third-order valence-electron chi connectivity index (χ3n) is 1.86. The van der Waals surface area contributed by atoms with Gasteiger partial charge in [-0.2, -0.15) is 0 Å². The Morgan fingerprint density at radius 1 is 1.54 bits per heavy atom. The molecule has 0 radical (unpaired) electrons. The van der Waals surface area contributed by atoms with Crippen LogP contribution in [0.1, 0.15) is 10.4 Å². The van der Waals surface area contributed by atoms with Crippen LogP contribution in [0.25, 0.3) is 0 Å². The number of hydrogen-bond donors (Lipinski definition) is 0. The third kappa shape index (κ3) is 1.56. The molecule has 0 fully saturated rings. The van der Waals surface area contributed by atoms with Crippen LogP contribution in [0, 0.1) is 0 Å². The van der Waals surface area contributed by atoms with Gasteiger partial charge < -0.3 is 0 Å². The van der Waals surface area contributed by atoms with Gasteiger partial charge in [0, 0.05) is 18.9 Å². The average Bonchev–Trinajstić information content (AvgIpc) is 2.71. The van der Waals surface area contributed by atoms with E-state index in [0.717, 1.165) is 0 Å². The SMILES string of the molecule is O=C(c1cccnc1)N1C=NCC1. The lowest BCUT2D eigenvalue weighted by Crippen LogP contribution is -2.27. The standard InChI is InChI=1S/C9H9N3O/c13-9(12-5-4-11-7-12)8-2-1-3-10-6-8/h1-3,6-7H,4-5H2. The second-order valence-electron chi connectivity index (χ2n) is 2.76. The highest BCUT2D eigenvalue weighted by molar-refractivity contribution is 6.00. The van der Waals surface area contributed by atoms with Crippen molar-refractivity contribution in [1.82, 2.24) is 9.88 Å². The van der Waals surface area contributed by atoms with Gasteiger partial charge in [-0.25, -0.2) is 0 Å². The molecule has 4 heteroatoms. The Morgan fingerprint density at radius 3 is 3.08 bits per heavy atom. The van der Waals surface area contributed by atoms with E-state index in [1.165, 1.54) is 0 Å². The summed E-state index contributed by atoms with van der Waals surface area (Å²) in [5.41, 5.74) is 0.607. The average molecular weight is 175 g/mol. The molecule has 1 aromatic heterocycles. The number of amides is 1. The first kappa shape index (κ1) is 7.91. The molecular weight excluding hydrogens is 166 g/mol. The molecule has 0 aliphatic carbocycles. The number of carbonyl (C=O) groups excluding carboxylic acids is 1. The summed E-state index contributed by atoms with van der Waals surface area (Å²) >= 11 is 0. The molecule has 0 unspecified atom stereocenters. The summed E-state index contributed by atoms with van der Waals surface area (Å²) in [7, 11) is 0. The first-order valence-corrected chi connectivity index (χ1v) is 4.09. The van der Waals surface area contributed by atoms with Crippen LogP contribution in [0.4, 0.5) is 0 Å². The van der Waals surface area contributed by atoms with Gasteiger partial charge in [-0.3, -0.25) is 19.7 Å². The zero-order valence-corrected chi connectivity index (χ0v) is 7.05. The molecule has 2 rings (SSSR count). The summed E-state index contributed by atoms with van der Waals surface area (Å²) in [4.78, 5) is 21.1. The van der Waals surface area contributed by atoms with Crippen molar-refractivity contribution in [3.05, 3.63) is 30.1 Å². The highest BCUT2D eigenvalue weighted by Crippen LogP contribution is 2.03. The lowest BCUT2D eigenvalue weighted by molar-refractivity contribution is 0.0862. The Labute approximate surface area is 75.9 Å². The molecule has 1 aliphatic heterocycles. The topological polar surface area (TPSA) is 45.6 Å². The van der Waals surface area contributed by atoms with Gasteiger partial charge in [-0.15, -0.1) is 0 Å². The van der Waals surface area contributed by atoms with E-state index in [9.17, 15) is 4.79 Å². The van der Waals surface area contributed by atoms with E-state index in [0.29, 0.717) is 18.7 Å². The minimum absolute atomic E-state index is 0.0330. The van der Waals surface area contributed by atoms with Gasteiger partial charge in [0.1, 0.15) is 0 Å². The lowest BCUT2D eigenvalue weighted by atomic mass is 10.2. The van der Waals surface area contributed by atoms with Crippen LogP contribution in [0.2, 0.25) is 0 Å². The van der Waals surface area contributed by atoms with E-state index < -0.39 is 0 Å². The molecule has 0 spiro atoms. The third-order valence-corrected chi connectivity index (χ3v) is 1.86.